The van der Waals surface area contributed by atoms with E-state index in [9.17, 15) is 4.39 Å². The van der Waals surface area contributed by atoms with Crippen LogP contribution in [0.25, 0.3) is 0 Å². The number of rotatable bonds is 5. The molecule has 0 saturated carbocycles. The first kappa shape index (κ1) is 17.8. The summed E-state index contributed by atoms with van der Waals surface area (Å²) in [7, 11) is 2.02. The van der Waals surface area contributed by atoms with Gasteiger partial charge in [0.2, 0.25) is 0 Å². The van der Waals surface area contributed by atoms with Crippen molar-refractivity contribution in [3.05, 3.63) is 34.1 Å². The highest BCUT2D eigenvalue weighted by molar-refractivity contribution is 9.10. The maximum atomic E-state index is 13.1. The second kappa shape index (κ2) is 7.43. The monoisotopic (exact) mass is 338 g/mol. The predicted molar refractivity (Wildman–Crippen MR) is 80.5 cm³/mol. The van der Waals surface area contributed by atoms with E-state index in [4.69, 9.17) is 5.73 Å². The van der Waals surface area contributed by atoms with Gasteiger partial charge in [-0.05, 0) is 42.8 Å². The van der Waals surface area contributed by atoms with Crippen LogP contribution in [0.3, 0.4) is 0 Å². The van der Waals surface area contributed by atoms with E-state index in [1.54, 1.807) is 12.1 Å². The molecule has 5 heteroatoms. The zero-order chi connectivity index (χ0) is 13.1. The molecule has 0 aliphatic rings. The molecule has 1 aromatic carbocycles. The quantitative estimate of drug-likeness (QED) is 0.890. The summed E-state index contributed by atoms with van der Waals surface area (Å²) in [6, 6.07) is 4.76. The van der Waals surface area contributed by atoms with Crippen molar-refractivity contribution < 1.29 is 4.39 Å². The molecule has 2 N–H and O–H groups in total. The van der Waals surface area contributed by atoms with Crippen LogP contribution >= 0.6 is 28.3 Å². The number of hydrogen-bond donors (Lipinski definition) is 1. The van der Waals surface area contributed by atoms with Gasteiger partial charge in [0, 0.05) is 17.6 Å². The molecule has 0 heterocycles. The minimum atomic E-state index is -0.199. The van der Waals surface area contributed by atoms with Crippen LogP contribution in [0, 0.1) is 11.2 Å². The zero-order valence-corrected chi connectivity index (χ0v) is 13.4. The van der Waals surface area contributed by atoms with Crippen LogP contribution in [0.15, 0.2) is 22.7 Å². The number of benzene rings is 1. The second-order valence-electron chi connectivity index (χ2n) is 5.28. The third-order valence-corrected chi connectivity index (χ3v) is 3.47. The lowest BCUT2D eigenvalue weighted by atomic mass is 9.93. The normalized spacial score (nSPS) is 11.5. The molecule has 0 amide bonds. The van der Waals surface area contributed by atoms with E-state index < -0.39 is 0 Å². The Morgan fingerprint density at radius 1 is 1.39 bits per heavy atom. The lowest BCUT2D eigenvalue weighted by Crippen LogP contribution is -2.36. The van der Waals surface area contributed by atoms with Crippen LogP contribution < -0.4 is 5.73 Å². The third kappa shape index (κ3) is 5.65. The van der Waals surface area contributed by atoms with Crippen molar-refractivity contribution in [3.63, 3.8) is 0 Å². The molecule has 1 rings (SSSR count). The Balaban J connectivity index is 0.00000289. The fourth-order valence-corrected chi connectivity index (χ4v) is 2.18. The van der Waals surface area contributed by atoms with Gasteiger partial charge in [0.1, 0.15) is 5.82 Å². The lowest BCUT2D eigenvalue weighted by Gasteiger charge is -2.29. The highest BCUT2D eigenvalue weighted by Gasteiger charge is 2.18. The highest BCUT2D eigenvalue weighted by Crippen LogP contribution is 2.21. The molecule has 1 aromatic rings. The van der Waals surface area contributed by atoms with Crippen LogP contribution in [0.5, 0.6) is 0 Å². The summed E-state index contributed by atoms with van der Waals surface area (Å²) in [4.78, 5) is 2.16. The summed E-state index contributed by atoms with van der Waals surface area (Å²) in [5, 5.41) is 0. The molecular formula is C13H21BrClFN2. The summed E-state index contributed by atoms with van der Waals surface area (Å²) in [5.41, 5.74) is 6.74. The number of nitrogens with two attached hydrogens (primary N) is 1. The molecule has 0 atom stereocenters. The van der Waals surface area contributed by atoms with Gasteiger partial charge in [-0.25, -0.2) is 4.39 Å². The van der Waals surface area contributed by atoms with Crippen molar-refractivity contribution in [2.75, 3.05) is 20.1 Å². The van der Waals surface area contributed by atoms with Crippen molar-refractivity contribution >= 4 is 28.3 Å². The van der Waals surface area contributed by atoms with Gasteiger partial charge in [0.05, 0.1) is 0 Å². The number of halogens is 3. The van der Waals surface area contributed by atoms with Crippen molar-refractivity contribution in [1.29, 1.82) is 0 Å². The smallest absolute Gasteiger partial charge is 0.123 e. The molecule has 18 heavy (non-hydrogen) atoms. The van der Waals surface area contributed by atoms with E-state index in [0.717, 1.165) is 16.6 Å². The Morgan fingerprint density at radius 3 is 2.56 bits per heavy atom. The lowest BCUT2D eigenvalue weighted by molar-refractivity contribution is 0.209. The minimum Gasteiger partial charge on any atom is -0.330 e. The second-order valence-corrected chi connectivity index (χ2v) is 6.13. The Morgan fingerprint density at radius 2 is 2.00 bits per heavy atom. The molecule has 0 aliphatic heterocycles. The first-order chi connectivity index (χ1) is 7.84. The van der Waals surface area contributed by atoms with E-state index in [2.05, 4.69) is 34.7 Å². The van der Waals surface area contributed by atoms with Crippen LogP contribution in [-0.2, 0) is 6.54 Å². The topological polar surface area (TPSA) is 29.3 Å². The SMILES string of the molecule is CN(Cc1cc(F)ccc1Br)CC(C)(C)CN.Cl. The average molecular weight is 340 g/mol. The summed E-state index contributed by atoms with van der Waals surface area (Å²) < 4.78 is 14.1. The van der Waals surface area contributed by atoms with Crippen LogP contribution in [-0.4, -0.2) is 25.0 Å². The Hall–Kier alpha value is -0.160. The summed E-state index contributed by atoms with van der Waals surface area (Å²) in [5.74, 6) is -0.199. The molecule has 2 nitrogen and oxygen atoms in total. The molecule has 0 aliphatic carbocycles. The highest BCUT2D eigenvalue weighted by atomic mass is 79.9. The van der Waals surface area contributed by atoms with Gasteiger partial charge in [-0.3, -0.25) is 0 Å². The Bertz CT molecular complexity index is 385. The summed E-state index contributed by atoms with van der Waals surface area (Å²) in [6.45, 7) is 6.49. The molecule has 0 saturated heterocycles. The first-order valence-corrected chi connectivity index (χ1v) is 6.46. The third-order valence-electron chi connectivity index (χ3n) is 2.70. The molecule has 0 bridgehead atoms. The maximum Gasteiger partial charge on any atom is 0.123 e. The van der Waals surface area contributed by atoms with Crippen molar-refractivity contribution in [2.45, 2.75) is 20.4 Å². The molecule has 0 aromatic heterocycles. The van der Waals surface area contributed by atoms with Crippen LogP contribution in [0.2, 0.25) is 0 Å². The number of nitrogens with zero attached hydrogens (tertiary/aromatic N) is 1. The molecular weight excluding hydrogens is 319 g/mol. The van der Waals surface area contributed by atoms with Gasteiger partial charge < -0.3 is 10.6 Å². The fraction of sp³-hybridized carbons (Fsp3) is 0.538. The maximum absolute atomic E-state index is 13.1. The molecule has 0 unspecified atom stereocenters. The van der Waals surface area contributed by atoms with Crippen LogP contribution in [0.1, 0.15) is 19.4 Å². The largest absolute Gasteiger partial charge is 0.330 e. The molecule has 0 radical (unpaired) electrons. The van der Waals surface area contributed by atoms with Crippen molar-refractivity contribution in [1.82, 2.24) is 4.90 Å². The summed E-state index contributed by atoms with van der Waals surface area (Å²) >= 11 is 3.44. The van der Waals surface area contributed by atoms with E-state index >= 15 is 0 Å². The van der Waals surface area contributed by atoms with E-state index in [-0.39, 0.29) is 23.6 Å². The van der Waals surface area contributed by atoms with Gasteiger partial charge >= 0.3 is 0 Å². The van der Waals surface area contributed by atoms with E-state index in [1.807, 2.05) is 7.05 Å². The van der Waals surface area contributed by atoms with E-state index in [0.29, 0.717) is 13.1 Å². The van der Waals surface area contributed by atoms with Gasteiger partial charge in [-0.15, -0.1) is 12.4 Å². The fourth-order valence-electron chi connectivity index (χ4n) is 1.81. The standard InChI is InChI=1S/C13H20BrFN2.ClH/c1-13(2,8-16)9-17(3)7-10-6-11(15)4-5-12(10)14;/h4-6H,7-9,16H2,1-3H3;1H. The van der Waals surface area contributed by atoms with E-state index in [1.165, 1.54) is 6.07 Å². The zero-order valence-electron chi connectivity index (χ0n) is 11.0. The average Bonchev–Trinajstić information content (AvgIpc) is 2.23. The van der Waals surface area contributed by atoms with Gasteiger partial charge in [0.15, 0.2) is 0 Å². The van der Waals surface area contributed by atoms with Crippen LogP contribution in [0.4, 0.5) is 4.39 Å². The molecule has 0 spiro atoms. The Labute approximate surface area is 123 Å². The summed E-state index contributed by atoms with van der Waals surface area (Å²) in [6.07, 6.45) is 0. The van der Waals surface area contributed by atoms with Gasteiger partial charge in [-0.1, -0.05) is 29.8 Å². The van der Waals surface area contributed by atoms with Crippen molar-refractivity contribution in [3.8, 4) is 0 Å². The minimum absolute atomic E-state index is 0. The predicted octanol–water partition coefficient (Wildman–Crippen LogP) is 3.43. The molecule has 104 valence electrons. The van der Waals surface area contributed by atoms with Gasteiger partial charge in [-0.2, -0.15) is 0 Å². The first-order valence-electron chi connectivity index (χ1n) is 5.66. The van der Waals surface area contributed by atoms with Crippen molar-refractivity contribution in [2.24, 2.45) is 11.1 Å². The number of hydrogen-bond acceptors (Lipinski definition) is 2. The van der Waals surface area contributed by atoms with Gasteiger partial charge in [0.25, 0.3) is 0 Å². The Kier molecular flexibility index (Phi) is 7.37. The molecule has 0 fully saturated rings.